The quantitative estimate of drug-likeness (QED) is 0.211. The van der Waals surface area contributed by atoms with Crippen LogP contribution >= 0.6 is 0 Å². The fraction of sp³-hybridized carbons (Fsp3) is 0.0556. The minimum Gasteiger partial charge on any atom is -0.392 e. The van der Waals surface area contributed by atoms with Crippen LogP contribution in [0, 0.1) is 0 Å². The van der Waals surface area contributed by atoms with Gasteiger partial charge in [0.1, 0.15) is 0 Å². The van der Waals surface area contributed by atoms with Crippen molar-refractivity contribution in [3.63, 3.8) is 0 Å². The van der Waals surface area contributed by atoms with Crippen molar-refractivity contribution in [1.29, 1.82) is 0 Å². The van der Waals surface area contributed by atoms with E-state index >= 15 is 0 Å². The zero-order chi connectivity index (χ0) is 27.3. The maximum atomic E-state index is 9.62. The van der Waals surface area contributed by atoms with Gasteiger partial charge in [-0.1, -0.05) is 109 Å². The zero-order valence-corrected chi connectivity index (χ0v) is 21.9. The van der Waals surface area contributed by atoms with Crippen molar-refractivity contribution in [2.75, 3.05) is 0 Å². The average molecular weight is 521 g/mol. The van der Waals surface area contributed by atoms with Gasteiger partial charge in [-0.05, 0) is 45.5 Å². The summed E-state index contributed by atoms with van der Waals surface area (Å²) in [6, 6.07) is 32.9. The fourth-order valence-corrected chi connectivity index (χ4v) is 5.00. The molecule has 0 saturated heterocycles. The molecule has 0 atom stereocenters. The molecule has 194 valence electrons. The van der Waals surface area contributed by atoms with Crippen molar-refractivity contribution in [2.24, 2.45) is 0 Å². The van der Waals surface area contributed by atoms with Gasteiger partial charge in [0.25, 0.3) is 0 Å². The number of pyridine rings is 2. The Morgan fingerprint density at radius 3 is 1.30 bits per heavy atom. The van der Waals surface area contributed by atoms with Crippen LogP contribution < -0.4 is 0 Å². The van der Waals surface area contributed by atoms with Crippen molar-refractivity contribution >= 4 is 46.1 Å². The Bertz CT molecular complexity index is 1720. The molecule has 2 aromatic heterocycles. The number of aromatic nitrogens is 2. The number of hydrogen-bond donors (Lipinski definition) is 2. The van der Waals surface area contributed by atoms with Gasteiger partial charge in [0.2, 0.25) is 0 Å². The lowest BCUT2D eigenvalue weighted by Gasteiger charge is -2.07. The van der Waals surface area contributed by atoms with Crippen LogP contribution in [0.4, 0.5) is 0 Å². The van der Waals surface area contributed by atoms with Crippen LogP contribution in [-0.2, 0) is 13.2 Å². The molecule has 4 heteroatoms. The minimum absolute atomic E-state index is 0.0235. The van der Waals surface area contributed by atoms with Crippen LogP contribution in [0.15, 0.2) is 109 Å². The number of aliphatic hydroxyl groups is 2. The minimum atomic E-state index is -0.0235. The highest BCUT2D eigenvalue weighted by molar-refractivity contribution is 5.93. The van der Waals surface area contributed by atoms with E-state index in [-0.39, 0.29) is 13.2 Å². The van der Waals surface area contributed by atoms with Gasteiger partial charge in [-0.2, -0.15) is 0 Å². The first-order valence-electron chi connectivity index (χ1n) is 13.2. The third kappa shape index (κ3) is 5.19. The summed E-state index contributed by atoms with van der Waals surface area (Å²) in [5.74, 6) is 0. The maximum Gasteiger partial charge on any atom is 0.0763 e. The monoisotopic (exact) mass is 520 g/mol. The molecule has 4 aromatic carbocycles. The van der Waals surface area contributed by atoms with Gasteiger partial charge in [0, 0.05) is 34.3 Å². The van der Waals surface area contributed by atoms with Gasteiger partial charge in [-0.15, -0.1) is 0 Å². The Morgan fingerprint density at radius 1 is 0.475 bits per heavy atom. The van der Waals surface area contributed by atoms with E-state index < -0.39 is 0 Å². The molecule has 0 aliphatic heterocycles. The molecule has 4 nitrogen and oxygen atoms in total. The summed E-state index contributed by atoms with van der Waals surface area (Å²) in [7, 11) is 0. The summed E-state index contributed by atoms with van der Waals surface area (Å²) in [4.78, 5) is 8.91. The molecule has 6 rings (SSSR count). The molecule has 6 aromatic rings. The van der Waals surface area contributed by atoms with E-state index in [0.29, 0.717) is 0 Å². The third-order valence-electron chi connectivity index (χ3n) is 7.18. The largest absolute Gasteiger partial charge is 0.392 e. The molecule has 0 fully saturated rings. The standard InChI is InChI=1S/C36H28N2O2/c39-23-31-19-17-29(33-3-1-21-37-35(31)33)15-9-25-5-11-27(12-6-25)28-13-7-26(8-14-28)10-16-30-18-20-32(24-40)36-34(30)4-2-22-38-36/h1-22,39-40H,23-24H2/b15-9+,16-10+. The normalized spacial score (nSPS) is 11.8. The highest BCUT2D eigenvalue weighted by Crippen LogP contribution is 2.26. The van der Waals surface area contributed by atoms with Crippen LogP contribution in [0.5, 0.6) is 0 Å². The smallest absolute Gasteiger partial charge is 0.0763 e. The van der Waals surface area contributed by atoms with E-state index in [1.54, 1.807) is 12.4 Å². The van der Waals surface area contributed by atoms with E-state index in [0.717, 1.165) is 66.3 Å². The summed E-state index contributed by atoms with van der Waals surface area (Å²) < 4.78 is 0. The van der Waals surface area contributed by atoms with Crippen LogP contribution in [0.3, 0.4) is 0 Å². The lowest BCUT2D eigenvalue weighted by atomic mass is 10.00. The number of benzene rings is 4. The average Bonchev–Trinajstić information content (AvgIpc) is 3.03. The molecule has 0 aliphatic carbocycles. The Hall–Kier alpha value is -4.90. The summed E-state index contributed by atoms with van der Waals surface area (Å²) in [5, 5.41) is 21.3. The van der Waals surface area contributed by atoms with E-state index in [4.69, 9.17) is 0 Å². The first kappa shape index (κ1) is 25.4. The number of nitrogens with zero attached hydrogens (tertiary/aromatic N) is 2. The molecule has 2 N–H and O–H groups in total. The first-order chi connectivity index (χ1) is 19.7. The highest BCUT2D eigenvalue weighted by Gasteiger charge is 2.06. The Kier molecular flexibility index (Phi) is 7.27. The van der Waals surface area contributed by atoms with Crippen molar-refractivity contribution in [3.05, 3.63) is 143 Å². The van der Waals surface area contributed by atoms with Crippen molar-refractivity contribution in [3.8, 4) is 11.1 Å². The van der Waals surface area contributed by atoms with Gasteiger partial charge in [0.15, 0.2) is 0 Å². The lowest BCUT2D eigenvalue weighted by Crippen LogP contribution is -1.90. The Balaban J connectivity index is 1.18. The molecule has 0 bridgehead atoms. The summed E-state index contributed by atoms with van der Waals surface area (Å²) in [6.07, 6.45) is 11.9. The maximum absolute atomic E-state index is 9.62. The fourth-order valence-electron chi connectivity index (χ4n) is 5.00. The Morgan fingerprint density at radius 2 is 0.900 bits per heavy atom. The molecule has 0 saturated carbocycles. The van der Waals surface area contributed by atoms with Crippen molar-refractivity contribution in [1.82, 2.24) is 9.97 Å². The Labute approximate surface area is 233 Å². The second-order valence-electron chi connectivity index (χ2n) is 9.65. The zero-order valence-electron chi connectivity index (χ0n) is 21.9. The van der Waals surface area contributed by atoms with Crippen LogP contribution in [0.2, 0.25) is 0 Å². The molecule has 2 heterocycles. The molecule has 0 aliphatic rings. The molecular formula is C36H28N2O2. The SMILES string of the molecule is OCc1ccc(/C=C/c2ccc(-c3ccc(/C=C/c4ccc(CO)c5ncccc45)cc3)cc2)c2cccnc12. The molecule has 0 unspecified atom stereocenters. The van der Waals surface area contributed by atoms with Crippen molar-refractivity contribution in [2.45, 2.75) is 13.2 Å². The number of fused-ring (bicyclic) bond motifs is 2. The van der Waals surface area contributed by atoms with Gasteiger partial charge in [-0.3, -0.25) is 9.97 Å². The molecule has 0 radical (unpaired) electrons. The second kappa shape index (κ2) is 11.5. The van der Waals surface area contributed by atoms with Crippen molar-refractivity contribution < 1.29 is 10.2 Å². The van der Waals surface area contributed by atoms with Gasteiger partial charge in [0.05, 0.1) is 24.2 Å². The van der Waals surface area contributed by atoms with E-state index in [1.165, 1.54) is 0 Å². The summed E-state index contributed by atoms with van der Waals surface area (Å²) >= 11 is 0. The van der Waals surface area contributed by atoms with Gasteiger partial charge < -0.3 is 10.2 Å². The van der Waals surface area contributed by atoms with E-state index in [9.17, 15) is 10.2 Å². The predicted molar refractivity (Wildman–Crippen MR) is 165 cm³/mol. The third-order valence-corrected chi connectivity index (χ3v) is 7.18. The molecular weight excluding hydrogens is 492 g/mol. The van der Waals surface area contributed by atoms with Gasteiger partial charge >= 0.3 is 0 Å². The summed E-state index contributed by atoms with van der Waals surface area (Å²) in [5.41, 5.74) is 10.0. The lowest BCUT2D eigenvalue weighted by molar-refractivity contribution is 0.283. The van der Waals surface area contributed by atoms with E-state index in [1.807, 2.05) is 48.5 Å². The van der Waals surface area contributed by atoms with E-state index in [2.05, 4.69) is 82.8 Å². The topological polar surface area (TPSA) is 66.2 Å². The number of aliphatic hydroxyl groups excluding tert-OH is 2. The predicted octanol–water partition coefficient (Wildman–Crippen LogP) is 7.78. The first-order valence-corrected chi connectivity index (χ1v) is 13.2. The van der Waals surface area contributed by atoms with Crippen LogP contribution in [-0.4, -0.2) is 20.2 Å². The molecule has 0 spiro atoms. The molecule has 40 heavy (non-hydrogen) atoms. The summed E-state index contributed by atoms with van der Waals surface area (Å²) in [6.45, 7) is -0.0469. The van der Waals surface area contributed by atoms with Gasteiger partial charge in [-0.25, -0.2) is 0 Å². The number of rotatable bonds is 7. The van der Waals surface area contributed by atoms with Crippen LogP contribution in [0.1, 0.15) is 33.4 Å². The number of hydrogen-bond acceptors (Lipinski definition) is 4. The highest BCUT2D eigenvalue weighted by atomic mass is 16.3. The van der Waals surface area contributed by atoms with Crippen LogP contribution in [0.25, 0.3) is 57.2 Å². The second-order valence-corrected chi connectivity index (χ2v) is 9.65. The molecule has 0 amide bonds.